The fourth-order valence-electron chi connectivity index (χ4n) is 3.94. The summed E-state index contributed by atoms with van der Waals surface area (Å²) in [5, 5.41) is 3.23. The van der Waals surface area contributed by atoms with Gasteiger partial charge in [-0.05, 0) is 73.9 Å². The van der Waals surface area contributed by atoms with Gasteiger partial charge in [0.2, 0.25) is 0 Å². The molecule has 0 fully saturated rings. The SMILES string of the molecule is Cc1ccc(C2=C(Nc3ccc(N(C)C)cc3)C(=O)N(c3cc(C)cc(C)c3)C2=O)cc1. The van der Waals surface area contributed by atoms with E-state index in [4.69, 9.17) is 0 Å². The maximum atomic E-state index is 13.6. The molecule has 0 aliphatic carbocycles. The van der Waals surface area contributed by atoms with Crippen LogP contribution in [0.25, 0.3) is 5.57 Å². The van der Waals surface area contributed by atoms with E-state index < -0.39 is 0 Å². The van der Waals surface area contributed by atoms with Crippen molar-refractivity contribution in [1.29, 1.82) is 0 Å². The zero-order valence-corrected chi connectivity index (χ0v) is 19.1. The van der Waals surface area contributed by atoms with Crippen LogP contribution in [-0.4, -0.2) is 25.9 Å². The largest absolute Gasteiger partial charge is 0.378 e. The molecule has 3 aromatic carbocycles. The summed E-state index contributed by atoms with van der Waals surface area (Å²) < 4.78 is 0. The van der Waals surface area contributed by atoms with E-state index >= 15 is 0 Å². The molecule has 1 N–H and O–H groups in total. The number of nitrogens with zero attached hydrogens (tertiary/aromatic N) is 2. The van der Waals surface area contributed by atoms with Crippen LogP contribution in [0.3, 0.4) is 0 Å². The smallest absolute Gasteiger partial charge is 0.282 e. The van der Waals surface area contributed by atoms with Crippen LogP contribution in [0.15, 0.2) is 72.4 Å². The van der Waals surface area contributed by atoms with Gasteiger partial charge in [-0.2, -0.15) is 0 Å². The Hall–Kier alpha value is -3.86. The van der Waals surface area contributed by atoms with Gasteiger partial charge in [0.1, 0.15) is 5.70 Å². The molecule has 1 aliphatic heterocycles. The lowest BCUT2D eigenvalue weighted by atomic mass is 10.0. The third kappa shape index (κ3) is 4.02. The highest BCUT2D eigenvalue weighted by Crippen LogP contribution is 2.34. The summed E-state index contributed by atoms with van der Waals surface area (Å²) in [5.74, 6) is -0.677. The second kappa shape index (κ2) is 8.35. The van der Waals surface area contributed by atoms with Gasteiger partial charge in [0.05, 0.1) is 11.3 Å². The molecule has 0 radical (unpaired) electrons. The summed E-state index contributed by atoms with van der Waals surface area (Å²) >= 11 is 0. The molecule has 32 heavy (non-hydrogen) atoms. The number of benzene rings is 3. The number of carbonyl (C=O) groups excluding carboxylic acids is 2. The monoisotopic (exact) mass is 425 g/mol. The van der Waals surface area contributed by atoms with Gasteiger partial charge < -0.3 is 10.2 Å². The van der Waals surface area contributed by atoms with Crippen molar-refractivity contribution in [3.8, 4) is 0 Å². The fourth-order valence-corrected chi connectivity index (χ4v) is 3.94. The van der Waals surface area contributed by atoms with Crippen molar-refractivity contribution in [2.75, 3.05) is 29.2 Å². The standard InChI is InChI=1S/C27H27N3O2/c1-17-6-8-20(9-7-17)24-25(28-21-10-12-22(13-11-21)29(4)5)27(32)30(26(24)31)23-15-18(2)14-19(3)16-23/h6-16,28H,1-5H3. The molecule has 0 bridgehead atoms. The maximum Gasteiger partial charge on any atom is 0.282 e. The van der Waals surface area contributed by atoms with Crippen LogP contribution in [0.1, 0.15) is 22.3 Å². The maximum absolute atomic E-state index is 13.6. The average Bonchev–Trinajstić information content (AvgIpc) is 2.98. The number of nitrogens with one attached hydrogen (secondary N) is 1. The van der Waals surface area contributed by atoms with Crippen LogP contribution in [0.4, 0.5) is 17.1 Å². The summed E-state index contributed by atoms with van der Waals surface area (Å²) in [4.78, 5) is 30.4. The van der Waals surface area contributed by atoms with E-state index in [-0.39, 0.29) is 17.5 Å². The van der Waals surface area contributed by atoms with Crippen LogP contribution < -0.4 is 15.1 Å². The highest BCUT2D eigenvalue weighted by molar-refractivity contribution is 6.46. The zero-order valence-electron chi connectivity index (χ0n) is 19.1. The second-order valence-corrected chi connectivity index (χ2v) is 8.47. The Kier molecular flexibility index (Phi) is 5.57. The van der Waals surface area contributed by atoms with Gasteiger partial charge in [-0.25, -0.2) is 4.90 Å². The number of imide groups is 1. The molecule has 5 nitrogen and oxygen atoms in total. The zero-order chi connectivity index (χ0) is 23.0. The summed E-state index contributed by atoms with van der Waals surface area (Å²) in [6, 6.07) is 21.2. The van der Waals surface area contributed by atoms with E-state index in [1.807, 2.05) is 106 Å². The Morgan fingerprint density at radius 3 is 1.88 bits per heavy atom. The number of hydrogen-bond donors (Lipinski definition) is 1. The average molecular weight is 426 g/mol. The molecule has 3 aromatic rings. The Bertz CT molecular complexity index is 1200. The molecule has 4 rings (SSSR count). The lowest BCUT2D eigenvalue weighted by Crippen LogP contribution is -2.32. The van der Waals surface area contributed by atoms with Gasteiger partial charge in [-0.15, -0.1) is 0 Å². The number of aryl methyl sites for hydroxylation is 3. The lowest BCUT2D eigenvalue weighted by Gasteiger charge is -2.17. The Morgan fingerprint density at radius 1 is 0.719 bits per heavy atom. The number of anilines is 3. The van der Waals surface area contributed by atoms with E-state index in [0.717, 1.165) is 28.1 Å². The lowest BCUT2D eigenvalue weighted by molar-refractivity contribution is -0.120. The van der Waals surface area contributed by atoms with Crippen molar-refractivity contribution in [1.82, 2.24) is 0 Å². The first-order valence-electron chi connectivity index (χ1n) is 10.6. The molecule has 1 aliphatic rings. The van der Waals surface area contributed by atoms with Crippen LogP contribution in [0.2, 0.25) is 0 Å². The fraction of sp³-hybridized carbons (Fsp3) is 0.185. The van der Waals surface area contributed by atoms with Gasteiger partial charge in [-0.1, -0.05) is 35.9 Å². The third-order valence-electron chi connectivity index (χ3n) is 5.54. The van der Waals surface area contributed by atoms with Crippen molar-refractivity contribution in [2.45, 2.75) is 20.8 Å². The minimum atomic E-state index is -0.354. The Labute approximate surface area is 189 Å². The van der Waals surface area contributed by atoms with Gasteiger partial charge >= 0.3 is 0 Å². The van der Waals surface area contributed by atoms with E-state index in [2.05, 4.69) is 5.32 Å². The van der Waals surface area contributed by atoms with E-state index in [0.29, 0.717) is 16.8 Å². The molecule has 5 heteroatoms. The predicted molar refractivity (Wildman–Crippen MR) is 131 cm³/mol. The van der Waals surface area contributed by atoms with Crippen LogP contribution in [0, 0.1) is 20.8 Å². The highest BCUT2D eigenvalue weighted by atomic mass is 16.2. The normalized spacial score (nSPS) is 13.7. The summed E-state index contributed by atoms with van der Waals surface area (Å²) in [5.41, 5.74) is 6.85. The Balaban J connectivity index is 1.80. The van der Waals surface area contributed by atoms with Crippen LogP contribution in [0.5, 0.6) is 0 Å². The number of amides is 2. The molecule has 2 amide bonds. The summed E-state index contributed by atoms with van der Waals surface area (Å²) in [6.45, 7) is 5.91. The summed E-state index contributed by atoms with van der Waals surface area (Å²) in [6.07, 6.45) is 0. The van der Waals surface area contributed by atoms with Gasteiger partial charge in [0.15, 0.2) is 0 Å². The van der Waals surface area contributed by atoms with Gasteiger partial charge in [-0.3, -0.25) is 9.59 Å². The molecular formula is C27H27N3O2. The number of hydrogen-bond acceptors (Lipinski definition) is 4. The minimum Gasteiger partial charge on any atom is -0.378 e. The minimum absolute atomic E-state index is 0.288. The van der Waals surface area contributed by atoms with Gasteiger partial charge in [0.25, 0.3) is 11.8 Å². The molecule has 0 unspecified atom stereocenters. The quantitative estimate of drug-likeness (QED) is 0.580. The molecule has 0 saturated carbocycles. The highest BCUT2D eigenvalue weighted by Gasteiger charge is 2.40. The molecular weight excluding hydrogens is 398 g/mol. The molecule has 0 spiro atoms. The molecule has 0 aromatic heterocycles. The number of carbonyl (C=O) groups is 2. The number of rotatable bonds is 5. The van der Waals surface area contributed by atoms with Crippen molar-refractivity contribution < 1.29 is 9.59 Å². The second-order valence-electron chi connectivity index (χ2n) is 8.47. The molecule has 0 saturated heterocycles. The van der Waals surface area contributed by atoms with E-state index in [1.54, 1.807) is 0 Å². The van der Waals surface area contributed by atoms with Crippen molar-refractivity contribution in [2.24, 2.45) is 0 Å². The summed E-state index contributed by atoms with van der Waals surface area (Å²) in [7, 11) is 3.95. The van der Waals surface area contributed by atoms with Crippen molar-refractivity contribution in [3.63, 3.8) is 0 Å². The first-order chi connectivity index (χ1) is 15.2. The first kappa shape index (κ1) is 21.4. The first-order valence-corrected chi connectivity index (χ1v) is 10.6. The van der Waals surface area contributed by atoms with Crippen LogP contribution in [-0.2, 0) is 9.59 Å². The topological polar surface area (TPSA) is 52.7 Å². The van der Waals surface area contributed by atoms with E-state index in [9.17, 15) is 9.59 Å². The predicted octanol–water partition coefficient (Wildman–Crippen LogP) is 5.07. The molecule has 162 valence electrons. The van der Waals surface area contributed by atoms with Gasteiger partial charge in [0, 0.05) is 25.5 Å². The van der Waals surface area contributed by atoms with E-state index in [1.165, 1.54) is 4.90 Å². The third-order valence-corrected chi connectivity index (χ3v) is 5.54. The van der Waals surface area contributed by atoms with Crippen LogP contribution >= 0.6 is 0 Å². The Morgan fingerprint density at radius 2 is 1.31 bits per heavy atom. The van der Waals surface area contributed by atoms with Crippen molar-refractivity contribution >= 4 is 34.4 Å². The van der Waals surface area contributed by atoms with Crippen molar-refractivity contribution in [3.05, 3.63) is 94.7 Å². The molecule has 0 atom stereocenters. The molecule has 1 heterocycles.